The molecule has 2 amide bonds. The number of aromatic nitrogens is 1. The molecule has 0 aliphatic rings. The van der Waals surface area contributed by atoms with Crippen LogP contribution in [0.5, 0.6) is 0 Å². The smallest absolute Gasteiger partial charge is 0.319 e. The van der Waals surface area contributed by atoms with E-state index in [4.69, 9.17) is 11.6 Å². The topological polar surface area (TPSA) is 46.1 Å². The number of anilines is 1. The van der Waals surface area contributed by atoms with Gasteiger partial charge in [0.2, 0.25) is 0 Å². The number of hydrogen-bond acceptors (Lipinski definition) is 1. The molecule has 0 aliphatic heterocycles. The Hall–Kier alpha value is -2.79. The van der Waals surface area contributed by atoms with E-state index in [1.807, 2.05) is 29.0 Å². The van der Waals surface area contributed by atoms with Gasteiger partial charge in [0.1, 0.15) is 5.82 Å². The third-order valence-electron chi connectivity index (χ3n) is 3.70. The number of nitrogens with zero attached hydrogens (tertiary/aromatic N) is 1. The summed E-state index contributed by atoms with van der Waals surface area (Å²) in [5.74, 6) is -0.258. The summed E-state index contributed by atoms with van der Waals surface area (Å²) in [6, 6.07) is 16.9. The largest absolute Gasteiger partial charge is 0.345 e. The molecule has 0 saturated heterocycles. The van der Waals surface area contributed by atoms with E-state index in [1.54, 1.807) is 30.3 Å². The summed E-state index contributed by atoms with van der Waals surface area (Å²) in [7, 11) is 0. The van der Waals surface area contributed by atoms with Gasteiger partial charge in [0.15, 0.2) is 0 Å². The Morgan fingerprint density at radius 1 is 1.08 bits per heavy atom. The highest BCUT2D eigenvalue weighted by Crippen LogP contribution is 2.13. The number of benzene rings is 2. The summed E-state index contributed by atoms with van der Waals surface area (Å²) in [5.41, 5.74) is 2.45. The van der Waals surface area contributed by atoms with Gasteiger partial charge in [-0.25, -0.2) is 9.18 Å². The standard InChI is InChI=1S/C19H17ClFN3O/c20-15-6-8-17(9-7-15)23-19(25)22-12-18-5-2-10-24(18)13-14-3-1-4-16(21)11-14/h1-11H,12-13H2,(H2,22,23,25). The maximum atomic E-state index is 13.3. The molecule has 0 unspecified atom stereocenters. The molecule has 2 aromatic carbocycles. The van der Waals surface area contributed by atoms with Crippen molar-refractivity contribution in [3.05, 3.63) is 89.0 Å². The third-order valence-corrected chi connectivity index (χ3v) is 3.95. The Kier molecular flexibility index (Phi) is 5.36. The van der Waals surface area contributed by atoms with Crippen molar-refractivity contribution in [1.82, 2.24) is 9.88 Å². The fourth-order valence-corrected chi connectivity index (χ4v) is 2.60. The summed E-state index contributed by atoms with van der Waals surface area (Å²) in [5, 5.41) is 6.16. The first kappa shape index (κ1) is 17.0. The molecule has 0 atom stereocenters. The molecule has 1 heterocycles. The molecule has 3 aromatic rings. The van der Waals surface area contributed by atoms with Gasteiger partial charge in [-0.3, -0.25) is 0 Å². The fourth-order valence-electron chi connectivity index (χ4n) is 2.48. The minimum absolute atomic E-state index is 0.258. The van der Waals surface area contributed by atoms with Crippen molar-refractivity contribution in [1.29, 1.82) is 0 Å². The van der Waals surface area contributed by atoms with Gasteiger partial charge >= 0.3 is 6.03 Å². The lowest BCUT2D eigenvalue weighted by Gasteiger charge is -2.11. The van der Waals surface area contributed by atoms with E-state index in [9.17, 15) is 9.18 Å². The van der Waals surface area contributed by atoms with Crippen molar-refractivity contribution < 1.29 is 9.18 Å². The molecule has 1 aromatic heterocycles. The summed E-state index contributed by atoms with van der Waals surface area (Å²) in [4.78, 5) is 12.0. The molecule has 0 spiro atoms. The van der Waals surface area contributed by atoms with E-state index in [0.717, 1.165) is 11.3 Å². The third kappa shape index (κ3) is 4.84. The molecule has 0 saturated carbocycles. The van der Waals surface area contributed by atoms with E-state index in [2.05, 4.69) is 10.6 Å². The number of halogens is 2. The number of hydrogen-bond donors (Lipinski definition) is 2. The van der Waals surface area contributed by atoms with E-state index in [-0.39, 0.29) is 11.8 Å². The SMILES string of the molecule is O=C(NCc1cccn1Cc1cccc(F)c1)Nc1ccc(Cl)cc1. The predicted molar refractivity (Wildman–Crippen MR) is 97.2 cm³/mol. The summed E-state index contributed by atoms with van der Waals surface area (Å²) in [6.45, 7) is 0.905. The van der Waals surface area contributed by atoms with E-state index in [0.29, 0.717) is 23.8 Å². The van der Waals surface area contributed by atoms with Crippen molar-refractivity contribution in [3.63, 3.8) is 0 Å². The number of nitrogens with one attached hydrogen (secondary N) is 2. The number of carbonyl (C=O) groups is 1. The summed E-state index contributed by atoms with van der Waals surface area (Å²) in [6.07, 6.45) is 1.90. The molecule has 0 fully saturated rings. The minimum atomic E-state index is -0.305. The highest BCUT2D eigenvalue weighted by molar-refractivity contribution is 6.30. The van der Waals surface area contributed by atoms with E-state index < -0.39 is 0 Å². The zero-order chi connectivity index (χ0) is 17.6. The number of carbonyl (C=O) groups excluding carboxylic acids is 1. The quantitative estimate of drug-likeness (QED) is 0.686. The zero-order valence-corrected chi connectivity index (χ0v) is 14.1. The minimum Gasteiger partial charge on any atom is -0.345 e. The Balaban J connectivity index is 1.57. The maximum absolute atomic E-state index is 13.3. The first-order chi connectivity index (χ1) is 12.1. The van der Waals surface area contributed by atoms with Crippen LogP contribution in [0.1, 0.15) is 11.3 Å². The van der Waals surface area contributed by atoms with Gasteiger partial charge in [0.25, 0.3) is 0 Å². The molecule has 0 radical (unpaired) electrons. The Morgan fingerprint density at radius 3 is 2.64 bits per heavy atom. The molecule has 2 N–H and O–H groups in total. The second-order valence-corrected chi connectivity index (χ2v) is 6.01. The number of rotatable bonds is 5. The highest BCUT2D eigenvalue weighted by Gasteiger charge is 2.06. The lowest BCUT2D eigenvalue weighted by Crippen LogP contribution is -2.29. The molecule has 0 bridgehead atoms. The average molecular weight is 358 g/mol. The Labute approximate surface area is 150 Å². The van der Waals surface area contributed by atoms with Crippen LogP contribution in [-0.4, -0.2) is 10.6 Å². The van der Waals surface area contributed by atoms with Crippen LogP contribution in [0.2, 0.25) is 5.02 Å². The first-order valence-corrected chi connectivity index (χ1v) is 8.17. The first-order valence-electron chi connectivity index (χ1n) is 7.79. The van der Waals surface area contributed by atoms with Gasteiger partial charge in [0, 0.05) is 29.1 Å². The summed E-state index contributed by atoms with van der Waals surface area (Å²) < 4.78 is 15.3. The van der Waals surface area contributed by atoms with Crippen LogP contribution < -0.4 is 10.6 Å². The van der Waals surface area contributed by atoms with Crippen molar-refractivity contribution in [2.75, 3.05) is 5.32 Å². The van der Waals surface area contributed by atoms with Crippen LogP contribution in [-0.2, 0) is 13.1 Å². The molecular weight excluding hydrogens is 341 g/mol. The van der Waals surface area contributed by atoms with E-state index in [1.165, 1.54) is 12.1 Å². The molecule has 4 nitrogen and oxygen atoms in total. The second kappa shape index (κ2) is 7.85. The van der Waals surface area contributed by atoms with Gasteiger partial charge in [-0.2, -0.15) is 0 Å². The second-order valence-electron chi connectivity index (χ2n) is 5.57. The summed E-state index contributed by atoms with van der Waals surface area (Å²) >= 11 is 5.82. The molecule has 128 valence electrons. The molecule has 3 rings (SSSR count). The van der Waals surface area contributed by atoms with Crippen LogP contribution in [0.15, 0.2) is 66.9 Å². The van der Waals surface area contributed by atoms with Gasteiger partial charge in [-0.05, 0) is 54.1 Å². The lowest BCUT2D eigenvalue weighted by molar-refractivity contribution is 0.251. The van der Waals surface area contributed by atoms with Crippen LogP contribution >= 0.6 is 11.6 Å². The van der Waals surface area contributed by atoms with Crippen molar-refractivity contribution >= 4 is 23.3 Å². The number of amides is 2. The molecule has 0 aliphatic carbocycles. The Bertz CT molecular complexity index is 861. The molecule has 6 heteroatoms. The van der Waals surface area contributed by atoms with Crippen LogP contribution in [0.25, 0.3) is 0 Å². The molecule has 25 heavy (non-hydrogen) atoms. The van der Waals surface area contributed by atoms with Crippen molar-refractivity contribution in [2.45, 2.75) is 13.1 Å². The van der Waals surface area contributed by atoms with Crippen molar-refractivity contribution in [3.8, 4) is 0 Å². The Morgan fingerprint density at radius 2 is 1.88 bits per heavy atom. The lowest BCUT2D eigenvalue weighted by atomic mass is 10.2. The van der Waals surface area contributed by atoms with Gasteiger partial charge in [0.05, 0.1) is 6.54 Å². The zero-order valence-electron chi connectivity index (χ0n) is 13.4. The monoisotopic (exact) mass is 357 g/mol. The molecular formula is C19H17ClFN3O. The highest BCUT2D eigenvalue weighted by atomic mass is 35.5. The van der Waals surface area contributed by atoms with Crippen LogP contribution in [0, 0.1) is 5.82 Å². The van der Waals surface area contributed by atoms with Gasteiger partial charge in [-0.15, -0.1) is 0 Å². The fraction of sp³-hybridized carbons (Fsp3) is 0.105. The number of urea groups is 1. The predicted octanol–water partition coefficient (Wildman–Crippen LogP) is 4.65. The van der Waals surface area contributed by atoms with Crippen molar-refractivity contribution in [2.24, 2.45) is 0 Å². The van der Waals surface area contributed by atoms with Gasteiger partial charge < -0.3 is 15.2 Å². The van der Waals surface area contributed by atoms with Crippen LogP contribution in [0.4, 0.5) is 14.9 Å². The van der Waals surface area contributed by atoms with Gasteiger partial charge in [-0.1, -0.05) is 23.7 Å². The normalized spacial score (nSPS) is 10.5. The maximum Gasteiger partial charge on any atom is 0.319 e. The average Bonchev–Trinajstić information content (AvgIpc) is 3.02. The van der Waals surface area contributed by atoms with Crippen LogP contribution in [0.3, 0.4) is 0 Å². The van der Waals surface area contributed by atoms with E-state index >= 15 is 0 Å².